The lowest BCUT2D eigenvalue weighted by Crippen LogP contribution is -2.20. The normalized spacial score (nSPS) is 17.4. The Morgan fingerprint density at radius 3 is 2.62 bits per heavy atom. The van der Waals surface area contributed by atoms with Gasteiger partial charge in [0, 0.05) is 5.56 Å². The van der Waals surface area contributed by atoms with Crippen molar-refractivity contribution in [3.8, 4) is 17.5 Å². The molecule has 1 aliphatic rings. The highest BCUT2D eigenvalue weighted by atomic mass is 16.4. The van der Waals surface area contributed by atoms with Crippen LogP contribution in [0.25, 0.3) is 11.5 Å². The molecule has 0 spiro atoms. The van der Waals surface area contributed by atoms with Crippen LogP contribution in [0, 0.1) is 11.3 Å². The molecular formula is C17H18N4O3. The molecule has 0 aliphatic heterocycles. The van der Waals surface area contributed by atoms with Gasteiger partial charge in [0.15, 0.2) is 0 Å². The van der Waals surface area contributed by atoms with Gasteiger partial charge in [0.25, 0.3) is 0 Å². The highest BCUT2D eigenvalue weighted by molar-refractivity contribution is 5.89. The standard InChI is InChI=1S/C17H18N4O3/c1-10(19)14-20-21-15(24-14)11-6-12(16(22)23)8-13(7-11)17(9-18)4-2-3-5-17/h6-8,10H,2-5,19H2,1H3,(H,22,23). The van der Waals surface area contributed by atoms with Crippen LogP contribution >= 0.6 is 0 Å². The molecule has 0 amide bonds. The molecule has 24 heavy (non-hydrogen) atoms. The van der Waals surface area contributed by atoms with E-state index >= 15 is 0 Å². The van der Waals surface area contributed by atoms with Crippen molar-refractivity contribution in [3.05, 3.63) is 35.2 Å². The van der Waals surface area contributed by atoms with Crippen LogP contribution in [-0.2, 0) is 5.41 Å². The van der Waals surface area contributed by atoms with Crippen molar-refractivity contribution >= 4 is 5.97 Å². The summed E-state index contributed by atoms with van der Waals surface area (Å²) in [5, 5.41) is 26.9. The van der Waals surface area contributed by atoms with Gasteiger partial charge >= 0.3 is 5.97 Å². The number of aromatic carboxylic acids is 1. The number of nitriles is 1. The predicted molar refractivity (Wildman–Crippen MR) is 85.1 cm³/mol. The Bertz CT molecular complexity index is 813. The van der Waals surface area contributed by atoms with Gasteiger partial charge in [-0.25, -0.2) is 4.79 Å². The van der Waals surface area contributed by atoms with Gasteiger partial charge in [0.2, 0.25) is 11.8 Å². The maximum atomic E-state index is 11.5. The number of benzene rings is 1. The minimum atomic E-state index is -1.06. The fraction of sp³-hybridized carbons (Fsp3) is 0.412. The zero-order valence-electron chi connectivity index (χ0n) is 13.3. The summed E-state index contributed by atoms with van der Waals surface area (Å²) >= 11 is 0. The van der Waals surface area contributed by atoms with E-state index < -0.39 is 17.4 Å². The molecule has 1 heterocycles. The minimum absolute atomic E-state index is 0.101. The smallest absolute Gasteiger partial charge is 0.335 e. The maximum Gasteiger partial charge on any atom is 0.335 e. The highest BCUT2D eigenvalue weighted by Crippen LogP contribution is 2.42. The van der Waals surface area contributed by atoms with Crippen LogP contribution in [0.1, 0.15) is 60.5 Å². The summed E-state index contributed by atoms with van der Waals surface area (Å²) in [6.45, 7) is 1.72. The van der Waals surface area contributed by atoms with Crippen molar-refractivity contribution in [2.24, 2.45) is 5.73 Å². The summed E-state index contributed by atoms with van der Waals surface area (Å²) in [6.07, 6.45) is 3.35. The molecule has 1 fully saturated rings. The van der Waals surface area contributed by atoms with Crippen molar-refractivity contribution in [1.82, 2.24) is 10.2 Å². The van der Waals surface area contributed by atoms with Crippen LogP contribution in [0.3, 0.4) is 0 Å². The van der Waals surface area contributed by atoms with Crippen molar-refractivity contribution in [3.63, 3.8) is 0 Å². The van der Waals surface area contributed by atoms with Gasteiger partial charge in [-0.05, 0) is 43.5 Å². The molecule has 2 aromatic rings. The zero-order valence-corrected chi connectivity index (χ0v) is 13.3. The average molecular weight is 326 g/mol. The second kappa shape index (κ2) is 6.06. The number of carboxylic acid groups (broad SMARTS) is 1. The second-order valence-electron chi connectivity index (χ2n) is 6.24. The Labute approximate surface area is 139 Å². The van der Waals surface area contributed by atoms with E-state index in [0.29, 0.717) is 11.1 Å². The number of aromatic nitrogens is 2. The molecule has 0 bridgehead atoms. The Balaban J connectivity index is 2.12. The lowest BCUT2D eigenvalue weighted by atomic mass is 9.79. The van der Waals surface area contributed by atoms with E-state index in [2.05, 4.69) is 16.3 Å². The molecular weight excluding hydrogens is 308 g/mol. The number of hydrogen-bond acceptors (Lipinski definition) is 6. The number of carboxylic acids is 1. The molecule has 1 aromatic carbocycles. The van der Waals surface area contributed by atoms with Gasteiger partial charge in [-0.1, -0.05) is 12.8 Å². The maximum absolute atomic E-state index is 11.5. The van der Waals surface area contributed by atoms with E-state index in [1.54, 1.807) is 19.1 Å². The van der Waals surface area contributed by atoms with Crippen LogP contribution < -0.4 is 5.73 Å². The van der Waals surface area contributed by atoms with Gasteiger partial charge in [0.05, 0.1) is 23.1 Å². The van der Waals surface area contributed by atoms with Crippen LogP contribution in [0.5, 0.6) is 0 Å². The van der Waals surface area contributed by atoms with E-state index in [-0.39, 0.29) is 17.3 Å². The molecule has 7 nitrogen and oxygen atoms in total. The first kappa shape index (κ1) is 16.1. The van der Waals surface area contributed by atoms with E-state index in [1.165, 1.54) is 6.07 Å². The number of nitrogens with zero attached hydrogens (tertiary/aromatic N) is 3. The molecule has 3 N–H and O–H groups in total. The first-order chi connectivity index (χ1) is 11.4. The van der Waals surface area contributed by atoms with E-state index in [1.807, 2.05) is 0 Å². The number of hydrogen-bond donors (Lipinski definition) is 2. The molecule has 0 radical (unpaired) electrons. The second-order valence-corrected chi connectivity index (χ2v) is 6.24. The fourth-order valence-electron chi connectivity index (χ4n) is 3.13. The molecule has 1 unspecified atom stereocenters. The Morgan fingerprint density at radius 2 is 2.08 bits per heavy atom. The van der Waals surface area contributed by atoms with Crippen LogP contribution in [0.15, 0.2) is 22.6 Å². The van der Waals surface area contributed by atoms with Gasteiger partial charge in [-0.2, -0.15) is 5.26 Å². The zero-order chi connectivity index (χ0) is 17.3. The molecule has 124 valence electrons. The third-order valence-corrected chi connectivity index (χ3v) is 4.48. The molecule has 7 heteroatoms. The lowest BCUT2D eigenvalue weighted by molar-refractivity contribution is 0.0696. The third kappa shape index (κ3) is 2.76. The fourth-order valence-corrected chi connectivity index (χ4v) is 3.13. The summed E-state index contributed by atoms with van der Waals surface area (Å²) < 4.78 is 5.53. The minimum Gasteiger partial charge on any atom is -0.478 e. The lowest BCUT2D eigenvalue weighted by Gasteiger charge is -2.21. The van der Waals surface area contributed by atoms with Crippen molar-refractivity contribution in [2.75, 3.05) is 0 Å². The number of carbonyl (C=O) groups is 1. The van der Waals surface area contributed by atoms with Crippen molar-refractivity contribution < 1.29 is 14.3 Å². The summed E-state index contributed by atoms with van der Waals surface area (Å²) in [6, 6.07) is 6.80. The average Bonchev–Trinajstić information content (AvgIpc) is 3.24. The summed E-state index contributed by atoms with van der Waals surface area (Å²) in [5.41, 5.74) is 6.36. The van der Waals surface area contributed by atoms with E-state index in [4.69, 9.17) is 10.2 Å². The topological polar surface area (TPSA) is 126 Å². The monoisotopic (exact) mass is 326 g/mol. The number of rotatable bonds is 4. The van der Waals surface area contributed by atoms with Crippen LogP contribution in [0.2, 0.25) is 0 Å². The molecule has 1 atom stereocenters. The van der Waals surface area contributed by atoms with Crippen LogP contribution in [0.4, 0.5) is 0 Å². The summed E-state index contributed by atoms with van der Waals surface area (Å²) in [5.74, 6) is -0.572. The van der Waals surface area contributed by atoms with Crippen LogP contribution in [-0.4, -0.2) is 21.3 Å². The predicted octanol–water partition coefficient (Wildman–Crippen LogP) is 2.79. The quantitative estimate of drug-likeness (QED) is 0.884. The molecule has 1 saturated carbocycles. The largest absolute Gasteiger partial charge is 0.478 e. The SMILES string of the molecule is CC(N)c1nnc(-c2cc(C(=O)O)cc(C3(C#N)CCCC3)c2)o1. The Kier molecular flexibility index (Phi) is 4.08. The third-order valence-electron chi connectivity index (χ3n) is 4.48. The Morgan fingerprint density at radius 1 is 1.38 bits per heavy atom. The van der Waals surface area contributed by atoms with Gasteiger partial charge < -0.3 is 15.3 Å². The first-order valence-corrected chi connectivity index (χ1v) is 7.85. The van der Waals surface area contributed by atoms with Gasteiger partial charge in [-0.15, -0.1) is 10.2 Å². The molecule has 0 saturated heterocycles. The van der Waals surface area contributed by atoms with E-state index in [0.717, 1.165) is 25.7 Å². The molecule has 1 aliphatic carbocycles. The highest BCUT2D eigenvalue weighted by Gasteiger charge is 2.36. The van der Waals surface area contributed by atoms with Crippen molar-refractivity contribution in [2.45, 2.75) is 44.1 Å². The molecule has 1 aromatic heterocycles. The summed E-state index contributed by atoms with van der Waals surface area (Å²) in [7, 11) is 0. The summed E-state index contributed by atoms with van der Waals surface area (Å²) in [4.78, 5) is 11.5. The Hall–Kier alpha value is -2.72. The van der Waals surface area contributed by atoms with Gasteiger partial charge in [-0.3, -0.25) is 0 Å². The molecule has 3 rings (SSSR count). The van der Waals surface area contributed by atoms with E-state index in [9.17, 15) is 15.2 Å². The number of nitrogens with two attached hydrogens (primary N) is 1. The first-order valence-electron chi connectivity index (χ1n) is 7.85. The van der Waals surface area contributed by atoms with Crippen molar-refractivity contribution in [1.29, 1.82) is 5.26 Å². The van der Waals surface area contributed by atoms with Gasteiger partial charge in [0.1, 0.15) is 0 Å².